The first kappa shape index (κ1) is 13.6. The van der Waals surface area contributed by atoms with Crippen molar-refractivity contribution in [2.24, 2.45) is 5.92 Å². The van der Waals surface area contributed by atoms with Crippen molar-refractivity contribution in [3.8, 4) is 0 Å². The molecule has 1 N–H and O–H groups in total. The van der Waals surface area contributed by atoms with Crippen molar-refractivity contribution in [3.63, 3.8) is 0 Å². The van der Waals surface area contributed by atoms with Gasteiger partial charge in [-0.15, -0.1) is 22.9 Å². The van der Waals surface area contributed by atoms with Crippen LogP contribution in [0.5, 0.6) is 0 Å². The van der Waals surface area contributed by atoms with Crippen molar-refractivity contribution in [2.45, 2.75) is 11.3 Å². The first-order chi connectivity index (χ1) is 8.63. The molecule has 0 aliphatic carbocycles. The molecule has 1 aromatic carbocycles. The number of nitrogens with zero attached hydrogens (tertiary/aromatic N) is 1. The molecule has 0 fully saturated rings. The summed E-state index contributed by atoms with van der Waals surface area (Å²) in [7, 11) is 0. The van der Waals surface area contributed by atoms with Crippen LogP contribution in [0.3, 0.4) is 0 Å². The number of thiazole rings is 1. The average Bonchev–Trinajstić information content (AvgIpc) is 2.79. The first-order valence-electron chi connectivity index (χ1n) is 5.45. The molecule has 0 radical (unpaired) electrons. The van der Waals surface area contributed by atoms with Gasteiger partial charge >= 0.3 is 0 Å². The zero-order valence-corrected chi connectivity index (χ0v) is 12.5. The number of alkyl halides is 1. The highest BCUT2D eigenvalue weighted by molar-refractivity contribution is 8.00. The minimum atomic E-state index is -0.189. The number of hydrogen-bond acceptors (Lipinski definition) is 4. The number of carbonyl (C=O) groups excluding carboxylic acids is 1. The number of fused-ring (bicyclic) bond motifs is 1. The topological polar surface area (TPSA) is 42.0 Å². The molecule has 6 heteroatoms. The Hall–Kier alpha value is -0.780. The number of carbonyl (C=O) groups is 1. The van der Waals surface area contributed by atoms with Gasteiger partial charge in [0.05, 0.1) is 10.2 Å². The van der Waals surface area contributed by atoms with E-state index in [0.717, 1.165) is 20.2 Å². The minimum absolute atomic E-state index is 0.0565. The van der Waals surface area contributed by atoms with Gasteiger partial charge < -0.3 is 5.32 Å². The Morgan fingerprint density at radius 3 is 3.06 bits per heavy atom. The zero-order valence-electron chi connectivity index (χ0n) is 10.1. The molecule has 3 nitrogen and oxygen atoms in total. The van der Waals surface area contributed by atoms with Gasteiger partial charge in [0, 0.05) is 17.5 Å². The molecule has 1 unspecified atom stereocenters. The smallest absolute Gasteiger partial charge is 0.228 e. The monoisotopic (exact) mass is 300 g/mol. The molecule has 2 aromatic rings. The van der Waals surface area contributed by atoms with E-state index in [1.807, 2.05) is 24.5 Å². The van der Waals surface area contributed by atoms with E-state index in [2.05, 4.69) is 10.3 Å². The molecule has 18 heavy (non-hydrogen) atoms. The molecule has 0 aliphatic rings. The minimum Gasteiger partial charge on any atom is -0.326 e. The summed E-state index contributed by atoms with van der Waals surface area (Å²) in [5.41, 5.74) is 1.76. The zero-order chi connectivity index (χ0) is 13.1. The van der Waals surface area contributed by atoms with Gasteiger partial charge in [0.15, 0.2) is 4.34 Å². The maximum absolute atomic E-state index is 11.7. The van der Waals surface area contributed by atoms with Gasteiger partial charge in [-0.05, 0) is 24.5 Å². The lowest BCUT2D eigenvalue weighted by Crippen LogP contribution is -2.21. The van der Waals surface area contributed by atoms with Crippen molar-refractivity contribution in [2.75, 3.05) is 17.5 Å². The molecule has 1 amide bonds. The fraction of sp³-hybridized carbons (Fsp3) is 0.333. The van der Waals surface area contributed by atoms with Crippen LogP contribution in [0.4, 0.5) is 5.69 Å². The van der Waals surface area contributed by atoms with E-state index in [-0.39, 0.29) is 11.8 Å². The van der Waals surface area contributed by atoms with Crippen molar-refractivity contribution in [3.05, 3.63) is 18.2 Å². The predicted molar refractivity (Wildman–Crippen MR) is 79.9 cm³/mol. The molecule has 0 saturated carbocycles. The Morgan fingerprint density at radius 1 is 1.61 bits per heavy atom. The number of nitrogens with one attached hydrogen (secondary N) is 1. The highest BCUT2D eigenvalue weighted by Gasteiger charge is 2.12. The maximum atomic E-state index is 11.7. The highest BCUT2D eigenvalue weighted by Crippen LogP contribution is 2.30. The van der Waals surface area contributed by atoms with E-state index in [4.69, 9.17) is 11.6 Å². The summed E-state index contributed by atoms with van der Waals surface area (Å²) in [6, 6.07) is 5.74. The van der Waals surface area contributed by atoms with Gasteiger partial charge in [0.1, 0.15) is 0 Å². The summed E-state index contributed by atoms with van der Waals surface area (Å²) in [4.78, 5) is 16.2. The lowest BCUT2D eigenvalue weighted by atomic mass is 10.2. The van der Waals surface area contributed by atoms with Crippen molar-refractivity contribution in [1.82, 2.24) is 4.98 Å². The predicted octanol–water partition coefficient (Wildman–Crippen LogP) is 3.83. The van der Waals surface area contributed by atoms with Crippen LogP contribution in [0.25, 0.3) is 10.2 Å². The summed E-state index contributed by atoms with van der Waals surface area (Å²) in [6.07, 6.45) is 2.00. The van der Waals surface area contributed by atoms with Gasteiger partial charge in [-0.25, -0.2) is 4.98 Å². The Bertz CT molecular complexity index is 570. The van der Waals surface area contributed by atoms with Crippen molar-refractivity contribution >= 4 is 56.5 Å². The SMILES string of the molecule is CSc1nc2ccc(NC(=O)C(C)CCl)cc2s1. The summed E-state index contributed by atoms with van der Waals surface area (Å²) in [5, 5.41) is 2.86. The number of halogens is 1. The Morgan fingerprint density at radius 2 is 2.39 bits per heavy atom. The number of rotatable bonds is 4. The number of aromatic nitrogens is 1. The highest BCUT2D eigenvalue weighted by atomic mass is 35.5. The number of thioether (sulfide) groups is 1. The molecule has 0 spiro atoms. The Balaban J connectivity index is 2.21. The second-order valence-corrected chi connectivity index (χ2v) is 6.30. The normalized spacial score (nSPS) is 12.6. The fourth-order valence-corrected chi connectivity index (χ4v) is 3.07. The van der Waals surface area contributed by atoms with Crippen molar-refractivity contribution in [1.29, 1.82) is 0 Å². The Labute approximate surface area is 119 Å². The summed E-state index contributed by atoms with van der Waals surface area (Å²) < 4.78 is 2.11. The molecule has 96 valence electrons. The largest absolute Gasteiger partial charge is 0.326 e. The average molecular weight is 301 g/mol. The van der Waals surface area contributed by atoms with E-state index in [9.17, 15) is 4.79 Å². The van der Waals surface area contributed by atoms with Gasteiger partial charge in [0.25, 0.3) is 0 Å². The van der Waals surface area contributed by atoms with Gasteiger partial charge in [0.2, 0.25) is 5.91 Å². The number of benzene rings is 1. The van der Waals surface area contributed by atoms with Gasteiger partial charge in [-0.3, -0.25) is 4.79 Å². The first-order valence-corrected chi connectivity index (χ1v) is 8.03. The van der Waals surface area contributed by atoms with Crippen LogP contribution in [0.15, 0.2) is 22.5 Å². The van der Waals surface area contributed by atoms with Crippen LogP contribution in [-0.4, -0.2) is 23.0 Å². The van der Waals surface area contributed by atoms with E-state index in [1.165, 1.54) is 0 Å². The molecule has 0 bridgehead atoms. The van der Waals surface area contributed by atoms with Crippen molar-refractivity contribution < 1.29 is 4.79 Å². The molecule has 2 rings (SSSR count). The van der Waals surface area contributed by atoms with Crippen LogP contribution < -0.4 is 5.32 Å². The number of anilines is 1. The molecular formula is C12H13ClN2OS2. The molecular weight excluding hydrogens is 288 g/mol. The van der Waals surface area contributed by atoms with E-state index < -0.39 is 0 Å². The lowest BCUT2D eigenvalue weighted by Gasteiger charge is -2.08. The van der Waals surface area contributed by atoms with Gasteiger partial charge in [-0.2, -0.15) is 0 Å². The Kier molecular flexibility index (Phi) is 4.48. The van der Waals surface area contributed by atoms with Crippen LogP contribution in [0, 0.1) is 5.92 Å². The van der Waals surface area contributed by atoms with Crippen LogP contribution in [0.2, 0.25) is 0 Å². The number of amides is 1. The summed E-state index contributed by atoms with van der Waals surface area (Å²) in [5.74, 6) is 0.0789. The second kappa shape index (κ2) is 5.91. The molecule has 1 aromatic heterocycles. The third kappa shape index (κ3) is 2.96. The van der Waals surface area contributed by atoms with Crippen LogP contribution >= 0.6 is 34.7 Å². The van der Waals surface area contributed by atoms with Crippen LogP contribution in [0.1, 0.15) is 6.92 Å². The van der Waals surface area contributed by atoms with Gasteiger partial charge in [-0.1, -0.05) is 18.7 Å². The molecule has 0 aliphatic heterocycles. The van der Waals surface area contributed by atoms with E-state index in [0.29, 0.717) is 5.88 Å². The second-order valence-electron chi connectivity index (χ2n) is 3.91. The third-order valence-corrected chi connectivity index (χ3v) is 4.96. The summed E-state index contributed by atoms with van der Waals surface area (Å²) in [6.45, 7) is 1.80. The molecule has 1 heterocycles. The lowest BCUT2D eigenvalue weighted by molar-refractivity contribution is -0.118. The third-order valence-electron chi connectivity index (χ3n) is 2.49. The molecule has 0 saturated heterocycles. The quantitative estimate of drug-likeness (QED) is 0.689. The standard InChI is InChI=1S/C12H13ClN2OS2/c1-7(6-13)11(16)14-8-3-4-9-10(5-8)18-12(15-9)17-2/h3-5,7H,6H2,1-2H3,(H,14,16). The van der Waals surface area contributed by atoms with E-state index >= 15 is 0 Å². The fourth-order valence-electron chi connectivity index (χ4n) is 1.40. The number of hydrogen-bond donors (Lipinski definition) is 1. The maximum Gasteiger partial charge on any atom is 0.228 e. The van der Waals surface area contributed by atoms with Crippen LogP contribution in [-0.2, 0) is 4.79 Å². The van der Waals surface area contributed by atoms with E-state index in [1.54, 1.807) is 30.0 Å². The molecule has 1 atom stereocenters. The summed E-state index contributed by atoms with van der Waals surface area (Å²) >= 11 is 8.91.